The van der Waals surface area contributed by atoms with Crippen LogP contribution in [0.4, 0.5) is 0 Å². The number of aryl methyl sites for hydroxylation is 1. The smallest absolute Gasteiger partial charge is 0.0764 e. The van der Waals surface area contributed by atoms with E-state index < -0.39 is 0 Å². The molecule has 4 heteroatoms. The summed E-state index contributed by atoms with van der Waals surface area (Å²) in [6.45, 7) is 3.34. The zero-order valence-electron chi connectivity index (χ0n) is 12.1. The molecule has 2 aromatic heterocycles. The van der Waals surface area contributed by atoms with Crippen LogP contribution in [0, 0.1) is 5.92 Å². The monoisotopic (exact) mass is 270 g/mol. The van der Waals surface area contributed by atoms with Crippen molar-refractivity contribution in [2.45, 2.75) is 25.8 Å². The molecular formula is C16H22N4. The first kappa shape index (κ1) is 13.3. The van der Waals surface area contributed by atoms with E-state index in [2.05, 4.69) is 27.1 Å². The van der Waals surface area contributed by atoms with Gasteiger partial charge in [-0.25, -0.2) is 0 Å². The molecule has 1 atom stereocenters. The van der Waals surface area contributed by atoms with Crippen LogP contribution >= 0.6 is 0 Å². The Morgan fingerprint density at radius 1 is 1.35 bits per heavy atom. The van der Waals surface area contributed by atoms with Crippen molar-refractivity contribution in [2.75, 3.05) is 13.1 Å². The number of pyridine rings is 1. The SMILES string of the molecule is Cn1ccc(CN2CCC[C@H](Cc3cccnc3)C2)n1. The first-order valence-corrected chi connectivity index (χ1v) is 7.39. The van der Waals surface area contributed by atoms with E-state index in [4.69, 9.17) is 0 Å². The summed E-state index contributed by atoms with van der Waals surface area (Å²) in [5.74, 6) is 0.747. The van der Waals surface area contributed by atoms with E-state index in [1.807, 2.05) is 36.4 Å². The van der Waals surface area contributed by atoms with Crippen LogP contribution in [0.3, 0.4) is 0 Å². The van der Waals surface area contributed by atoms with Crippen LogP contribution in [0.2, 0.25) is 0 Å². The highest BCUT2D eigenvalue weighted by atomic mass is 15.3. The van der Waals surface area contributed by atoms with Gasteiger partial charge >= 0.3 is 0 Å². The zero-order chi connectivity index (χ0) is 13.8. The third-order valence-electron chi connectivity index (χ3n) is 4.00. The predicted molar refractivity (Wildman–Crippen MR) is 79.2 cm³/mol. The van der Waals surface area contributed by atoms with Gasteiger partial charge in [0.05, 0.1) is 5.69 Å². The van der Waals surface area contributed by atoms with Crippen molar-refractivity contribution in [3.8, 4) is 0 Å². The van der Waals surface area contributed by atoms with Crippen LogP contribution in [0.15, 0.2) is 36.8 Å². The van der Waals surface area contributed by atoms with Gasteiger partial charge in [0.25, 0.3) is 0 Å². The zero-order valence-corrected chi connectivity index (χ0v) is 12.1. The standard InChI is InChI=1S/C16H22N4/c1-19-9-6-16(18-19)13-20-8-3-5-15(12-20)10-14-4-2-7-17-11-14/h2,4,6-7,9,11,15H,3,5,8,10,12-13H2,1H3/t15-/m1/s1. The Morgan fingerprint density at radius 3 is 3.05 bits per heavy atom. The first-order chi connectivity index (χ1) is 9.79. The lowest BCUT2D eigenvalue weighted by Crippen LogP contribution is -2.35. The summed E-state index contributed by atoms with van der Waals surface area (Å²) >= 11 is 0. The van der Waals surface area contributed by atoms with Crippen LogP contribution in [0.25, 0.3) is 0 Å². The molecule has 0 aliphatic carbocycles. The van der Waals surface area contributed by atoms with E-state index in [1.165, 1.54) is 37.2 Å². The number of hydrogen-bond acceptors (Lipinski definition) is 3. The third kappa shape index (κ3) is 3.45. The largest absolute Gasteiger partial charge is 0.297 e. The maximum atomic E-state index is 4.48. The molecule has 3 rings (SSSR count). The van der Waals surface area contributed by atoms with E-state index in [0.717, 1.165) is 18.9 Å². The molecule has 1 fully saturated rings. The Bertz CT molecular complexity index is 534. The highest BCUT2D eigenvalue weighted by Gasteiger charge is 2.20. The Kier molecular flexibility index (Phi) is 4.11. The van der Waals surface area contributed by atoms with Crippen LogP contribution in [-0.4, -0.2) is 32.8 Å². The van der Waals surface area contributed by atoms with E-state index in [0.29, 0.717) is 0 Å². The van der Waals surface area contributed by atoms with Gasteiger partial charge in [-0.2, -0.15) is 5.10 Å². The number of hydrogen-bond donors (Lipinski definition) is 0. The lowest BCUT2D eigenvalue weighted by Gasteiger charge is -2.32. The maximum absolute atomic E-state index is 4.48. The fraction of sp³-hybridized carbons (Fsp3) is 0.500. The van der Waals surface area contributed by atoms with E-state index in [1.54, 1.807) is 0 Å². The van der Waals surface area contributed by atoms with Gasteiger partial charge in [0.1, 0.15) is 0 Å². The molecule has 0 radical (unpaired) electrons. The Labute approximate surface area is 120 Å². The van der Waals surface area contributed by atoms with Crippen molar-refractivity contribution >= 4 is 0 Å². The van der Waals surface area contributed by atoms with Crippen molar-refractivity contribution < 1.29 is 0 Å². The molecule has 0 aromatic carbocycles. The molecule has 20 heavy (non-hydrogen) atoms. The number of likely N-dealkylation sites (tertiary alicyclic amines) is 1. The minimum Gasteiger partial charge on any atom is -0.297 e. The van der Waals surface area contributed by atoms with Gasteiger partial charge in [-0.15, -0.1) is 0 Å². The van der Waals surface area contributed by atoms with Gasteiger partial charge in [0, 0.05) is 38.7 Å². The van der Waals surface area contributed by atoms with Crippen LogP contribution in [0.5, 0.6) is 0 Å². The lowest BCUT2D eigenvalue weighted by atomic mass is 9.92. The summed E-state index contributed by atoms with van der Waals surface area (Å²) in [6.07, 6.45) is 9.62. The molecule has 3 heterocycles. The van der Waals surface area contributed by atoms with Crippen molar-refractivity contribution in [2.24, 2.45) is 13.0 Å². The van der Waals surface area contributed by atoms with Gasteiger partial charge in [0.15, 0.2) is 0 Å². The Hall–Kier alpha value is -1.68. The van der Waals surface area contributed by atoms with Crippen LogP contribution in [0.1, 0.15) is 24.1 Å². The number of rotatable bonds is 4. The molecule has 0 N–H and O–H groups in total. The summed E-state index contributed by atoms with van der Waals surface area (Å²) < 4.78 is 1.88. The molecule has 4 nitrogen and oxygen atoms in total. The molecule has 0 spiro atoms. The average molecular weight is 270 g/mol. The van der Waals surface area contributed by atoms with Gasteiger partial charge in [-0.05, 0) is 49.4 Å². The molecule has 0 amide bonds. The van der Waals surface area contributed by atoms with Crippen molar-refractivity contribution in [3.63, 3.8) is 0 Å². The summed E-state index contributed by atoms with van der Waals surface area (Å²) in [5, 5.41) is 4.48. The normalized spacial score (nSPS) is 20.1. The second kappa shape index (κ2) is 6.18. The molecule has 1 aliphatic heterocycles. The van der Waals surface area contributed by atoms with Crippen molar-refractivity contribution in [1.29, 1.82) is 0 Å². The molecule has 0 saturated carbocycles. The van der Waals surface area contributed by atoms with Gasteiger partial charge in [-0.3, -0.25) is 14.6 Å². The van der Waals surface area contributed by atoms with Gasteiger partial charge in [0.2, 0.25) is 0 Å². The van der Waals surface area contributed by atoms with Gasteiger partial charge in [-0.1, -0.05) is 6.07 Å². The van der Waals surface area contributed by atoms with Gasteiger partial charge < -0.3 is 0 Å². The Balaban J connectivity index is 1.56. The number of nitrogens with zero attached hydrogens (tertiary/aromatic N) is 4. The fourth-order valence-electron chi connectivity index (χ4n) is 3.09. The molecule has 2 aromatic rings. The summed E-state index contributed by atoms with van der Waals surface area (Å²) in [6, 6.07) is 6.33. The minimum absolute atomic E-state index is 0.747. The van der Waals surface area contributed by atoms with Crippen LogP contribution < -0.4 is 0 Å². The quantitative estimate of drug-likeness (QED) is 0.854. The topological polar surface area (TPSA) is 34.0 Å². The minimum atomic E-state index is 0.747. The van der Waals surface area contributed by atoms with E-state index in [9.17, 15) is 0 Å². The number of aromatic nitrogens is 3. The second-order valence-corrected chi connectivity index (χ2v) is 5.79. The fourth-order valence-corrected chi connectivity index (χ4v) is 3.09. The second-order valence-electron chi connectivity index (χ2n) is 5.79. The van der Waals surface area contributed by atoms with Crippen molar-refractivity contribution in [3.05, 3.63) is 48.0 Å². The van der Waals surface area contributed by atoms with Crippen LogP contribution in [-0.2, 0) is 20.0 Å². The summed E-state index contributed by atoms with van der Waals surface area (Å²) in [4.78, 5) is 6.75. The summed E-state index contributed by atoms with van der Waals surface area (Å²) in [7, 11) is 1.98. The number of piperidine rings is 1. The van der Waals surface area contributed by atoms with Crippen molar-refractivity contribution in [1.82, 2.24) is 19.7 Å². The highest BCUT2D eigenvalue weighted by Crippen LogP contribution is 2.21. The van der Waals surface area contributed by atoms with E-state index >= 15 is 0 Å². The summed E-state index contributed by atoms with van der Waals surface area (Å²) in [5.41, 5.74) is 2.53. The molecule has 0 bridgehead atoms. The molecule has 0 unspecified atom stereocenters. The first-order valence-electron chi connectivity index (χ1n) is 7.39. The molecule has 106 valence electrons. The molecule has 1 aliphatic rings. The highest BCUT2D eigenvalue weighted by molar-refractivity contribution is 5.09. The molecule has 1 saturated heterocycles. The van der Waals surface area contributed by atoms with E-state index in [-0.39, 0.29) is 0 Å². The average Bonchev–Trinajstić information content (AvgIpc) is 2.86. The predicted octanol–water partition coefficient (Wildman–Crippen LogP) is 2.27. The lowest BCUT2D eigenvalue weighted by molar-refractivity contribution is 0.165. The molecular weight excluding hydrogens is 248 g/mol. The third-order valence-corrected chi connectivity index (χ3v) is 4.00. The maximum Gasteiger partial charge on any atom is 0.0764 e. The Morgan fingerprint density at radius 2 is 2.30 bits per heavy atom.